The molecule has 1 aliphatic heterocycles. The van der Waals surface area contributed by atoms with Gasteiger partial charge in [0.25, 0.3) is 5.91 Å². The number of anilines is 2. The zero-order chi connectivity index (χ0) is 34.9. The van der Waals surface area contributed by atoms with Gasteiger partial charge in [0.1, 0.15) is 5.75 Å². The molecule has 8 nitrogen and oxygen atoms in total. The van der Waals surface area contributed by atoms with Crippen LogP contribution in [0.5, 0.6) is 5.75 Å². The van der Waals surface area contributed by atoms with E-state index in [-0.39, 0.29) is 18.7 Å². The molecular weight excluding hydrogens is 621 g/mol. The number of hydrazone groups is 1. The SMILES string of the molecule is CN(C)c1ccc(CN2CCN(Cc3ccc(N(C)C)cc3)C2c2ccc(OCC(=O)NN=Cc3ccc(-c4ccccc4)cc3)cc2)cc1. The van der Waals surface area contributed by atoms with Gasteiger partial charge >= 0.3 is 0 Å². The Bertz CT molecular complexity index is 1780. The first-order valence-electron chi connectivity index (χ1n) is 17.0. The number of hydrogen-bond acceptors (Lipinski definition) is 7. The van der Waals surface area contributed by atoms with Crippen LogP contribution in [0, 0.1) is 0 Å². The molecule has 0 radical (unpaired) electrons. The Morgan fingerprint density at radius 3 is 1.74 bits per heavy atom. The second-order valence-corrected chi connectivity index (χ2v) is 13.1. The molecule has 1 heterocycles. The van der Waals surface area contributed by atoms with Gasteiger partial charge in [0.2, 0.25) is 0 Å². The molecule has 1 amide bonds. The Morgan fingerprint density at radius 1 is 0.700 bits per heavy atom. The van der Waals surface area contributed by atoms with Gasteiger partial charge in [0.15, 0.2) is 6.61 Å². The number of amides is 1. The van der Waals surface area contributed by atoms with Gasteiger partial charge in [-0.25, -0.2) is 5.43 Å². The number of hydrogen-bond donors (Lipinski definition) is 1. The van der Waals surface area contributed by atoms with Crippen LogP contribution < -0.4 is 20.0 Å². The molecule has 0 aromatic heterocycles. The third-order valence-electron chi connectivity index (χ3n) is 9.01. The van der Waals surface area contributed by atoms with Crippen molar-refractivity contribution in [3.8, 4) is 16.9 Å². The number of carbonyl (C=O) groups is 1. The average Bonchev–Trinajstić information content (AvgIpc) is 3.53. The summed E-state index contributed by atoms with van der Waals surface area (Å²) in [5, 5.41) is 4.11. The highest BCUT2D eigenvalue weighted by molar-refractivity contribution is 5.83. The van der Waals surface area contributed by atoms with Crippen LogP contribution in [0.1, 0.15) is 28.4 Å². The zero-order valence-electron chi connectivity index (χ0n) is 29.4. The molecule has 0 saturated carbocycles. The Labute approximate surface area is 296 Å². The lowest BCUT2D eigenvalue weighted by Gasteiger charge is -2.31. The summed E-state index contributed by atoms with van der Waals surface area (Å²) >= 11 is 0. The maximum atomic E-state index is 12.5. The molecule has 0 spiro atoms. The molecule has 1 saturated heterocycles. The number of rotatable bonds is 13. The lowest BCUT2D eigenvalue weighted by Crippen LogP contribution is -2.30. The highest BCUT2D eigenvalue weighted by atomic mass is 16.5. The van der Waals surface area contributed by atoms with E-state index in [0.717, 1.165) is 42.9 Å². The summed E-state index contributed by atoms with van der Waals surface area (Å²) in [4.78, 5) is 21.8. The number of ether oxygens (including phenoxy) is 1. The van der Waals surface area contributed by atoms with Crippen molar-refractivity contribution in [3.05, 3.63) is 150 Å². The summed E-state index contributed by atoms with van der Waals surface area (Å²) in [5.41, 5.74) is 11.9. The highest BCUT2D eigenvalue weighted by Crippen LogP contribution is 2.34. The van der Waals surface area contributed by atoms with Crippen LogP contribution in [0.3, 0.4) is 0 Å². The van der Waals surface area contributed by atoms with Crippen molar-refractivity contribution in [1.29, 1.82) is 0 Å². The van der Waals surface area contributed by atoms with Gasteiger partial charge in [-0.2, -0.15) is 5.10 Å². The molecule has 256 valence electrons. The molecular formula is C42H46N6O2. The van der Waals surface area contributed by atoms with Crippen molar-refractivity contribution in [3.63, 3.8) is 0 Å². The predicted molar refractivity (Wildman–Crippen MR) is 205 cm³/mol. The first kappa shape index (κ1) is 34.4. The molecule has 6 rings (SSSR count). The molecule has 0 unspecified atom stereocenters. The van der Waals surface area contributed by atoms with E-state index >= 15 is 0 Å². The monoisotopic (exact) mass is 666 g/mol. The summed E-state index contributed by atoms with van der Waals surface area (Å²) in [5.74, 6) is 0.318. The topological polar surface area (TPSA) is 63.7 Å². The van der Waals surface area contributed by atoms with E-state index in [0.29, 0.717) is 5.75 Å². The Morgan fingerprint density at radius 2 is 1.22 bits per heavy atom. The van der Waals surface area contributed by atoms with E-state index < -0.39 is 0 Å². The van der Waals surface area contributed by atoms with Crippen molar-refractivity contribution in [1.82, 2.24) is 15.2 Å². The summed E-state index contributed by atoms with van der Waals surface area (Å²) in [6.45, 7) is 3.50. The molecule has 50 heavy (non-hydrogen) atoms. The van der Waals surface area contributed by atoms with Gasteiger partial charge < -0.3 is 14.5 Å². The second-order valence-electron chi connectivity index (χ2n) is 13.1. The number of carbonyl (C=O) groups excluding carboxylic acids is 1. The third-order valence-corrected chi connectivity index (χ3v) is 9.01. The standard InChI is InChI=1S/C42H46N6O2/c1-45(2)38-20-12-33(13-21-38)29-47-26-27-48(30-34-14-22-39(23-15-34)46(3)4)42(47)37-18-24-40(25-19-37)50-31-41(49)44-43-28-32-10-16-36(17-11-32)35-8-6-5-7-9-35/h5-25,28,42H,26-27,29-31H2,1-4H3,(H,44,49). The predicted octanol–water partition coefficient (Wildman–Crippen LogP) is 7.03. The van der Waals surface area contributed by atoms with Crippen LogP contribution in [0.2, 0.25) is 0 Å². The average molecular weight is 667 g/mol. The van der Waals surface area contributed by atoms with Crippen LogP contribution >= 0.6 is 0 Å². The maximum absolute atomic E-state index is 12.5. The Kier molecular flexibility index (Phi) is 11.2. The normalized spacial score (nSPS) is 13.8. The summed E-state index contributed by atoms with van der Waals surface area (Å²) < 4.78 is 5.84. The molecule has 0 aliphatic carbocycles. The Hall–Kier alpha value is -5.44. The molecule has 0 bridgehead atoms. The van der Waals surface area contributed by atoms with E-state index in [9.17, 15) is 4.79 Å². The summed E-state index contributed by atoms with van der Waals surface area (Å²) in [6, 6.07) is 44.0. The van der Waals surface area contributed by atoms with E-state index in [1.54, 1.807) is 6.21 Å². The molecule has 1 N–H and O–H groups in total. The minimum atomic E-state index is -0.319. The van der Waals surface area contributed by atoms with Crippen LogP contribution in [-0.4, -0.2) is 69.8 Å². The van der Waals surface area contributed by atoms with Crippen LogP contribution in [0.25, 0.3) is 11.1 Å². The third kappa shape index (κ3) is 8.96. The molecule has 1 fully saturated rings. The first-order valence-corrected chi connectivity index (χ1v) is 17.0. The fourth-order valence-corrected chi connectivity index (χ4v) is 6.24. The minimum Gasteiger partial charge on any atom is -0.484 e. The molecule has 5 aromatic rings. The maximum Gasteiger partial charge on any atom is 0.277 e. The van der Waals surface area contributed by atoms with Crippen molar-refractivity contribution in [2.45, 2.75) is 19.3 Å². The number of nitrogens with zero attached hydrogens (tertiary/aromatic N) is 5. The van der Waals surface area contributed by atoms with Gasteiger partial charge in [-0.05, 0) is 69.8 Å². The van der Waals surface area contributed by atoms with E-state index in [2.05, 4.69) is 131 Å². The molecule has 5 aromatic carbocycles. The summed E-state index contributed by atoms with van der Waals surface area (Å²) in [7, 11) is 8.26. The summed E-state index contributed by atoms with van der Waals surface area (Å²) in [6.07, 6.45) is 1.74. The quantitative estimate of drug-likeness (QED) is 0.108. The van der Waals surface area contributed by atoms with Crippen LogP contribution in [0.15, 0.2) is 132 Å². The fraction of sp³-hybridized carbons (Fsp3) is 0.238. The van der Waals surface area contributed by atoms with E-state index in [4.69, 9.17) is 4.74 Å². The second kappa shape index (κ2) is 16.3. The number of nitrogens with one attached hydrogen (secondary N) is 1. The Balaban J connectivity index is 1.07. The minimum absolute atomic E-state index is 0.102. The largest absolute Gasteiger partial charge is 0.484 e. The van der Waals surface area contributed by atoms with Gasteiger partial charge in [-0.1, -0.05) is 91.0 Å². The van der Waals surface area contributed by atoms with Gasteiger partial charge in [-0.3, -0.25) is 14.6 Å². The molecule has 0 atom stereocenters. The molecule has 8 heteroatoms. The van der Waals surface area contributed by atoms with Crippen molar-refractivity contribution in [2.75, 3.05) is 57.7 Å². The van der Waals surface area contributed by atoms with Gasteiger partial charge in [0, 0.05) is 65.7 Å². The fourth-order valence-electron chi connectivity index (χ4n) is 6.24. The first-order chi connectivity index (χ1) is 24.3. The zero-order valence-corrected chi connectivity index (χ0v) is 29.4. The van der Waals surface area contributed by atoms with Gasteiger partial charge in [-0.15, -0.1) is 0 Å². The lowest BCUT2D eigenvalue weighted by molar-refractivity contribution is -0.123. The number of benzene rings is 5. The highest BCUT2D eigenvalue weighted by Gasteiger charge is 2.33. The van der Waals surface area contributed by atoms with Crippen LogP contribution in [0.4, 0.5) is 11.4 Å². The van der Waals surface area contributed by atoms with Crippen molar-refractivity contribution < 1.29 is 9.53 Å². The van der Waals surface area contributed by atoms with Gasteiger partial charge in [0.05, 0.1) is 12.4 Å². The van der Waals surface area contributed by atoms with E-state index in [1.165, 1.54) is 28.1 Å². The van der Waals surface area contributed by atoms with Crippen molar-refractivity contribution in [2.24, 2.45) is 5.10 Å². The smallest absolute Gasteiger partial charge is 0.277 e. The van der Waals surface area contributed by atoms with Crippen molar-refractivity contribution >= 4 is 23.5 Å². The van der Waals surface area contributed by atoms with E-state index in [1.807, 2.05) is 54.6 Å². The molecule has 1 aliphatic rings. The lowest BCUT2D eigenvalue weighted by atomic mass is 10.0. The van der Waals surface area contributed by atoms with Crippen LogP contribution in [-0.2, 0) is 17.9 Å².